The summed E-state index contributed by atoms with van der Waals surface area (Å²) in [7, 11) is 1.65. The van der Waals surface area contributed by atoms with E-state index in [1.165, 1.54) is 12.1 Å². The van der Waals surface area contributed by atoms with Gasteiger partial charge >= 0.3 is 0 Å². The Morgan fingerprint density at radius 3 is 2.29 bits per heavy atom. The Balaban J connectivity index is 1.67. The average Bonchev–Trinajstić information content (AvgIpc) is 2.75. The van der Waals surface area contributed by atoms with Crippen molar-refractivity contribution in [2.45, 2.75) is 26.6 Å². The molecule has 0 fully saturated rings. The SMILES string of the molecule is CCOc1cc(CNCc2ccc(OC)cc2)cc(Cl)c1OCc1ccc(F)cc1Cl. The molecule has 0 saturated heterocycles. The predicted molar refractivity (Wildman–Crippen MR) is 122 cm³/mol. The van der Waals surface area contributed by atoms with Crippen LogP contribution in [0.2, 0.25) is 10.0 Å². The normalized spacial score (nSPS) is 10.7. The van der Waals surface area contributed by atoms with Gasteiger partial charge in [-0.25, -0.2) is 4.39 Å². The second-order valence-electron chi connectivity index (χ2n) is 6.81. The zero-order valence-corrected chi connectivity index (χ0v) is 18.9. The maximum Gasteiger partial charge on any atom is 0.180 e. The Hall–Kier alpha value is -2.47. The molecule has 0 bridgehead atoms. The molecule has 0 aliphatic heterocycles. The topological polar surface area (TPSA) is 39.7 Å². The van der Waals surface area contributed by atoms with Gasteiger partial charge in [-0.3, -0.25) is 0 Å². The monoisotopic (exact) mass is 463 g/mol. The Morgan fingerprint density at radius 1 is 0.871 bits per heavy atom. The van der Waals surface area contributed by atoms with Crippen LogP contribution < -0.4 is 19.5 Å². The van der Waals surface area contributed by atoms with Crippen LogP contribution in [0, 0.1) is 5.82 Å². The lowest BCUT2D eigenvalue weighted by Gasteiger charge is -2.16. The summed E-state index contributed by atoms with van der Waals surface area (Å²) in [6, 6.07) is 15.8. The van der Waals surface area contributed by atoms with E-state index >= 15 is 0 Å². The van der Waals surface area contributed by atoms with E-state index in [-0.39, 0.29) is 6.61 Å². The average molecular weight is 464 g/mol. The van der Waals surface area contributed by atoms with Gasteiger partial charge in [0.05, 0.1) is 23.8 Å². The van der Waals surface area contributed by atoms with Gasteiger partial charge in [0.1, 0.15) is 18.2 Å². The largest absolute Gasteiger partial charge is 0.497 e. The molecule has 0 amide bonds. The van der Waals surface area contributed by atoms with Gasteiger partial charge in [0, 0.05) is 18.7 Å². The van der Waals surface area contributed by atoms with Crippen LogP contribution in [-0.2, 0) is 19.7 Å². The second kappa shape index (κ2) is 11.2. The molecule has 0 radical (unpaired) electrons. The van der Waals surface area contributed by atoms with Crippen molar-refractivity contribution in [1.82, 2.24) is 5.32 Å². The van der Waals surface area contributed by atoms with Crippen LogP contribution in [-0.4, -0.2) is 13.7 Å². The Kier molecular flexibility index (Phi) is 8.41. The highest BCUT2D eigenvalue weighted by Gasteiger charge is 2.14. The molecule has 7 heteroatoms. The number of rotatable bonds is 10. The van der Waals surface area contributed by atoms with E-state index in [0.29, 0.717) is 46.8 Å². The van der Waals surface area contributed by atoms with E-state index in [0.717, 1.165) is 16.9 Å². The fourth-order valence-corrected chi connectivity index (χ4v) is 3.52. The molecule has 0 saturated carbocycles. The maximum absolute atomic E-state index is 13.3. The zero-order chi connectivity index (χ0) is 22.2. The molecule has 0 aliphatic carbocycles. The number of halogens is 3. The highest BCUT2D eigenvalue weighted by molar-refractivity contribution is 6.32. The fraction of sp³-hybridized carbons (Fsp3) is 0.250. The maximum atomic E-state index is 13.3. The summed E-state index contributed by atoms with van der Waals surface area (Å²) in [5, 5.41) is 4.13. The highest BCUT2D eigenvalue weighted by atomic mass is 35.5. The summed E-state index contributed by atoms with van der Waals surface area (Å²) < 4.78 is 30.1. The predicted octanol–water partition coefficient (Wildman–Crippen LogP) is 6.41. The smallest absolute Gasteiger partial charge is 0.180 e. The minimum Gasteiger partial charge on any atom is -0.497 e. The van der Waals surface area contributed by atoms with Gasteiger partial charge in [0.25, 0.3) is 0 Å². The van der Waals surface area contributed by atoms with Gasteiger partial charge in [-0.1, -0.05) is 41.4 Å². The van der Waals surface area contributed by atoms with Crippen LogP contribution >= 0.6 is 23.2 Å². The van der Waals surface area contributed by atoms with Crippen LogP contribution in [0.25, 0.3) is 0 Å². The molecule has 3 aromatic rings. The van der Waals surface area contributed by atoms with E-state index in [1.807, 2.05) is 43.3 Å². The molecular weight excluding hydrogens is 440 g/mol. The minimum absolute atomic E-state index is 0.147. The number of ether oxygens (including phenoxy) is 3. The summed E-state index contributed by atoms with van der Waals surface area (Å²) in [6.07, 6.45) is 0. The number of hydrogen-bond acceptors (Lipinski definition) is 4. The summed E-state index contributed by atoms with van der Waals surface area (Å²) in [6.45, 7) is 3.81. The third-order valence-corrected chi connectivity index (χ3v) is 5.21. The van der Waals surface area contributed by atoms with Crippen molar-refractivity contribution < 1.29 is 18.6 Å². The second-order valence-corrected chi connectivity index (χ2v) is 7.63. The number of nitrogens with one attached hydrogen (secondary N) is 1. The Bertz CT molecular complexity index is 1010. The van der Waals surface area contributed by atoms with Crippen molar-refractivity contribution >= 4 is 23.2 Å². The van der Waals surface area contributed by atoms with Crippen molar-refractivity contribution in [3.63, 3.8) is 0 Å². The molecule has 3 aromatic carbocycles. The highest BCUT2D eigenvalue weighted by Crippen LogP contribution is 2.37. The lowest BCUT2D eigenvalue weighted by molar-refractivity contribution is 0.269. The molecule has 0 spiro atoms. The number of hydrogen-bond donors (Lipinski definition) is 1. The minimum atomic E-state index is -0.395. The first-order valence-corrected chi connectivity index (χ1v) is 10.6. The first-order valence-electron chi connectivity index (χ1n) is 9.85. The summed E-state index contributed by atoms with van der Waals surface area (Å²) in [4.78, 5) is 0. The van der Waals surface area contributed by atoms with Crippen molar-refractivity contribution in [3.05, 3.63) is 87.2 Å². The van der Waals surface area contributed by atoms with E-state index < -0.39 is 5.82 Å². The van der Waals surface area contributed by atoms with Gasteiger partial charge in [-0.2, -0.15) is 0 Å². The molecule has 0 aromatic heterocycles. The standard InChI is InChI=1S/C24H24Cl2FNO3/c1-3-30-23-11-17(14-28-13-16-4-8-20(29-2)9-5-16)10-22(26)24(23)31-15-18-6-7-19(27)12-21(18)25/h4-12,28H,3,13-15H2,1-2H3. The van der Waals surface area contributed by atoms with Crippen LogP contribution in [0.3, 0.4) is 0 Å². The van der Waals surface area contributed by atoms with E-state index in [2.05, 4.69) is 5.32 Å². The van der Waals surface area contributed by atoms with Crippen molar-refractivity contribution in [3.8, 4) is 17.2 Å². The zero-order valence-electron chi connectivity index (χ0n) is 17.4. The van der Waals surface area contributed by atoms with Gasteiger partial charge < -0.3 is 19.5 Å². The molecule has 1 N–H and O–H groups in total. The van der Waals surface area contributed by atoms with Crippen molar-refractivity contribution in [2.24, 2.45) is 0 Å². The molecule has 0 aliphatic rings. The summed E-state index contributed by atoms with van der Waals surface area (Å²) in [5.74, 6) is 1.42. The van der Waals surface area contributed by atoms with Crippen LogP contribution in [0.1, 0.15) is 23.6 Å². The lowest BCUT2D eigenvalue weighted by Crippen LogP contribution is -2.13. The molecule has 3 rings (SSSR count). The Morgan fingerprint density at radius 2 is 1.61 bits per heavy atom. The van der Waals surface area contributed by atoms with Gasteiger partial charge in [-0.15, -0.1) is 0 Å². The lowest BCUT2D eigenvalue weighted by atomic mass is 10.1. The Labute approximate surface area is 191 Å². The molecule has 0 unspecified atom stereocenters. The van der Waals surface area contributed by atoms with Crippen LogP contribution in [0.4, 0.5) is 4.39 Å². The molecule has 31 heavy (non-hydrogen) atoms. The molecule has 4 nitrogen and oxygen atoms in total. The van der Waals surface area contributed by atoms with Crippen molar-refractivity contribution in [1.29, 1.82) is 0 Å². The van der Waals surface area contributed by atoms with Crippen molar-refractivity contribution in [2.75, 3.05) is 13.7 Å². The molecule has 164 valence electrons. The third-order valence-electron chi connectivity index (χ3n) is 4.57. The third kappa shape index (κ3) is 6.50. The molecule has 0 heterocycles. The van der Waals surface area contributed by atoms with E-state index in [9.17, 15) is 4.39 Å². The van der Waals surface area contributed by atoms with Gasteiger partial charge in [0.2, 0.25) is 0 Å². The fourth-order valence-electron chi connectivity index (χ4n) is 3.01. The van der Waals surface area contributed by atoms with E-state index in [4.69, 9.17) is 37.4 Å². The first-order chi connectivity index (χ1) is 15.0. The summed E-state index contributed by atoms with van der Waals surface area (Å²) in [5.41, 5.74) is 2.77. The summed E-state index contributed by atoms with van der Waals surface area (Å²) >= 11 is 12.6. The quantitative estimate of drug-likeness (QED) is 0.377. The van der Waals surface area contributed by atoms with Gasteiger partial charge in [0.15, 0.2) is 11.5 Å². The molecule has 0 atom stereocenters. The first kappa shape index (κ1) is 23.2. The van der Waals surface area contributed by atoms with Gasteiger partial charge in [-0.05, 0) is 54.4 Å². The van der Waals surface area contributed by atoms with Crippen LogP contribution in [0.5, 0.6) is 17.2 Å². The number of methoxy groups -OCH3 is 1. The molecular formula is C24H24Cl2FNO3. The number of benzene rings is 3. The van der Waals surface area contributed by atoms with E-state index in [1.54, 1.807) is 13.2 Å². The van der Waals surface area contributed by atoms with Crippen LogP contribution in [0.15, 0.2) is 54.6 Å².